The van der Waals surface area contributed by atoms with Crippen molar-refractivity contribution in [3.63, 3.8) is 0 Å². The molecule has 1 N–H and O–H groups in total. The van der Waals surface area contributed by atoms with Gasteiger partial charge in [0.2, 0.25) is 5.91 Å². The van der Waals surface area contributed by atoms with Gasteiger partial charge in [-0.3, -0.25) is 9.59 Å². The number of rotatable bonds is 2. The number of nitrogens with one attached hydrogen (secondary N) is 1. The number of fused-ring (bicyclic) bond motifs is 4. The highest BCUT2D eigenvalue weighted by atomic mass is 16.2. The van der Waals surface area contributed by atoms with Crippen LogP contribution in [-0.2, 0) is 22.6 Å². The first-order valence-corrected chi connectivity index (χ1v) is 8.99. The first-order valence-electron chi connectivity index (χ1n) is 8.99. The lowest BCUT2D eigenvalue weighted by molar-refractivity contribution is -0.157. The molecule has 0 bridgehead atoms. The summed E-state index contributed by atoms with van der Waals surface area (Å²) in [5.74, 6) is -0.202. The number of benzene rings is 2. The number of nitrogens with zero attached hydrogens (tertiary/aromatic N) is 3. The van der Waals surface area contributed by atoms with Crippen molar-refractivity contribution in [1.82, 2.24) is 14.9 Å². The van der Waals surface area contributed by atoms with Gasteiger partial charge in [-0.25, -0.2) is 5.01 Å². The molecular weight excluding hydrogens is 340 g/mol. The maximum absolute atomic E-state index is 13.0. The molecule has 1 saturated heterocycles. The lowest BCUT2D eigenvalue weighted by Gasteiger charge is -2.40. The van der Waals surface area contributed by atoms with Crippen LogP contribution in [0, 0.1) is 0 Å². The van der Waals surface area contributed by atoms with Crippen LogP contribution in [0.5, 0.6) is 0 Å². The first kappa shape index (κ1) is 15.8. The summed E-state index contributed by atoms with van der Waals surface area (Å²) in [5, 5.41) is 6.71. The molecule has 5 rings (SSSR count). The van der Waals surface area contributed by atoms with Gasteiger partial charge in [0.25, 0.3) is 5.91 Å². The van der Waals surface area contributed by atoms with Gasteiger partial charge in [-0.15, -0.1) is 0 Å². The second-order valence-corrected chi connectivity index (χ2v) is 6.92. The van der Waals surface area contributed by atoms with Crippen molar-refractivity contribution in [1.29, 1.82) is 0 Å². The third-order valence-corrected chi connectivity index (χ3v) is 5.29. The molecule has 6 nitrogen and oxygen atoms in total. The number of piperazine rings is 1. The molecule has 2 aliphatic heterocycles. The van der Waals surface area contributed by atoms with Crippen molar-refractivity contribution in [3.8, 4) is 0 Å². The zero-order valence-corrected chi connectivity index (χ0v) is 14.6. The van der Waals surface area contributed by atoms with Crippen molar-refractivity contribution in [2.45, 2.75) is 19.0 Å². The summed E-state index contributed by atoms with van der Waals surface area (Å²) in [7, 11) is 0. The molecule has 0 unspecified atom stereocenters. The summed E-state index contributed by atoms with van der Waals surface area (Å²) in [6.07, 6.45) is 2.14. The second-order valence-electron chi connectivity index (χ2n) is 6.92. The average Bonchev–Trinajstić information content (AvgIpc) is 3.07. The van der Waals surface area contributed by atoms with E-state index in [2.05, 4.69) is 16.2 Å². The maximum Gasteiger partial charge on any atom is 0.266 e. The largest absolute Gasteiger partial charge is 0.357 e. The topological polar surface area (TPSA) is 68.8 Å². The van der Waals surface area contributed by atoms with Crippen LogP contribution in [0.15, 0.2) is 59.7 Å². The minimum absolute atomic E-state index is 0.0196. The van der Waals surface area contributed by atoms with Gasteiger partial charge in [0.05, 0.1) is 12.8 Å². The Kier molecular flexibility index (Phi) is 3.57. The summed E-state index contributed by atoms with van der Waals surface area (Å²) < 4.78 is 0. The van der Waals surface area contributed by atoms with Gasteiger partial charge in [0.1, 0.15) is 12.6 Å². The van der Waals surface area contributed by atoms with E-state index in [-0.39, 0.29) is 18.4 Å². The first-order chi connectivity index (χ1) is 13.2. The van der Waals surface area contributed by atoms with E-state index in [0.29, 0.717) is 13.0 Å². The molecule has 0 aliphatic carbocycles. The molecule has 2 aromatic carbocycles. The van der Waals surface area contributed by atoms with Gasteiger partial charge in [-0.1, -0.05) is 48.5 Å². The van der Waals surface area contributed by atoms with Gasteiger partial charge in [-0.05, 0) is 17.2 Å². The van der Waals surface area contributed by atoms with Gasteiger partial charge in [-0.2, -0.15) is 5.10 Å². The number of H-pyrrole nitrogens is 1. The number of amides is 2. The smallest absolute Gasteiger partial charge is 0.266 e. The van der Waals surface area contributed by atoms with Crippen LogP contribution in [0.4, 0.5) is 0 Å². The van der Waals surface area contributed by atoms with Crippen LogP contribution in [0.2, 0.25) is 0 Å². The Balaban J connectivity index is 1.46. The third-order valence-electron chi connectivity index (χ3n) is 5.29. The molecule has 27 heavy (non-hydrogen) atoms. The van der Waals surface area contributed by atoms with Gasteiger partial charge in [0, 0.05) is 23.0 Å². The highest BCUT2D eigenvalue weighted by Gasteiger charge is 2.43. The number of hydrogen-bond acceptors (Lipinski definition) is 3. The molecule has 2 amide bonds. The lowest BCUT2D eigenvalue weighted by atomic mass is 9.94. The van der Waals surface area contributed by atoms with Crippen molar-refractivity contribution in [2.24, 2.45) is 5.10 Å². The van der Waals surface area contributed by atoms with Gasteiger partial charge >= 0.3 is 0 Å². The summed E-state index contributed by atoms with van der Waals surface area (Å²) in [4.78, 5) is 30.7. The predicted octanol–water partition coefficient (Wildman–Crippen LogP) is 2.30. The summed E-state index contributed by atoms with van der Waals surface area (Å²) in [6, 6.07) is 17.1. The fraction of sp³-hybridized carbons (Fsp3) is 0.190. The van der Waals surface area contributed by atoms with E-state index in [9.17, 15) is 9.59 Å². The molecule has 3 aromatic rings. The van der Waals surface area contributed by atoms with E-state index in [4.69, 9.17) is 0 Å². The number of carbonyl (C=O) groups is 2. The number of aromatic amines is 1. The summed E-state index contributed by atoms with van der Waals surface area (Å²) in [5.41, 5.74) is 4.08. The van der Waals surface area contributed by atoms with E-state index < -0.39 is 6.04 Å². The second kappa shape index (κ2) is 6.09. The number of para-hydroxylation sites is 1. The number of carbonyl (C=O) groups excluding carboxylic acids is 2. The van der Waals surface area contributed by atoms with Crippen LogP contribution in [0.1, 0.15) is 16.8 Å². The maximum atomic E-state index is 13.0. The zero-order chi connectivity index (χ0) is 18.4. The minimum atomic E-state index is -0.495. The van der Waals surface area contributed by atoms with Crippen molar-refractivity contribution >= 4 is 28.9 Å². The standard InChI is InChI=1S/C21H18N4O2/c26-20-13-25(22-11-14-6-2-1-3-7-14)21(27)19-10-16-15-8-4-5-9-17(15)23-18(16)12-24(19)20/h1-9,11,19,23H,10,12-13H2/b22-11+/t19-/m0/s1. The molecule has 0 radical (unpaired) electrons. The van der Waals surface area contributed by atoms with Crippen molar-refractivity contribution < 1.29 is 9.59 Å². The van der Waals surface area contributed by atoms with Gasteiger partial charge in [0.15, 0.2) is 0 Å². The average molecular weight is 358 g/mol. The molecule has 1 atom stereocenters. The number of hydrogen-bond donors (Lipinski definition) is 1. The molecule has 6 heteroatoms. The normalized spacial score (nSPS) is 19.6. The Labute approximate surface area is 156 Å². The Morgan fingerprint density at radius 2 is 1.78 bits per heavy atom. The van der Waals surface area contributed by atoms with E-state index in [0.717, 1.165) is 27.7 Å². The SMILES string of the molecule is O=C1[C@@H]2Cc3c([nH]c4ccccc34)CN2C(=O)CN1/N=C/c1ccccc1. The Bertz CT molecular complexity index is 1070. The minimum Gasteiger partial charge on any atom is -0.357 e. The van der Waals surface area contributed by atoms with Crippen LogP contribution in [-0.4, -0.2) is 45.5 Å². The summed E-state index contributed by atoms with van der Waals surface area (Å²) in [6.45, 7) is 0.420. The quantitative estimate of drug-likeness (QED) is 0.714. The summed E-state index contributed by atoms with van der Waals surface area (Å²) >= 11 is 0. The molecular formula is C21H18N4O2. The molecule has 0 spiro atoms. The van der Waals surface area contributed by atoms with E-state index in [1.54, 1.807) is 11.1 Å². The molecule has 0 saturated carbocycles. The highest BCUT2D eigenvalue weighted by molar-refractivity contribution is 5.97. The third kappa shape index (κ3) is 2.61. The van der Waals surface area contributed by atoms with Crippen molar-refractivity contribution in [3.05, 3.63) is 71.4 Å². The van der Waals surface area contributed by atoms with Crippen LogP contribution >= 0.6 is 0 Å². The van der Waals surface area contributed by atoms with E-state index in [1.807, 2.05) is 48.5 Å². The molecule has 134 valence electrons. The monoisotopic (exact) mass is 358 g/mol. The Hall–Kier alpha value is -3.41. The van der Waals surface area contributed by atoms with Crippen LogP contribution < -0.4 is 0 Å². The Morgan fingerprint density at radius 3 is 2.63 bits per heavy atom. The van der Waals surface area contributed by atoms with Crippen LogP contribution in [0.25, 0.3) is 10.9 Å². The number of aromatic nitrogens is 1. The fourth-order valence-electron chi connectivity index (χ4n) is 3.93. The van der Waals surface area contributed by atoms with Gasteiger partial charge < -0.3 is 9.88 Å². The molecule has 1 aromatic heterocycles. The van der Waals surface area contributed by atoms with E-state index in [1.165, 1.54) is 5.01 Å². The Morgan fingerprint density at radius 1 is 1.00 bits per heavy atom. The van der Waals surface area contributed by atoms with Crippen LogP contribution in [0.3, 0.4) is 0 Å². The fourth-order valence-corrected chi connectivity index (χ4v) is 3.93. The molecule has 1 fully saturated rings. The lowest BCUT2D eigenvalue weighted by Crippen LogP contribution is -2.60. The highest BCUT2D eigenvalue weighted by Crippen LogP contribution is 2.32. The number of hydrazone groups is 1. The zero-order valence-electron chi connectivity index (χ0n) is 14.6. The molecule has 3 heterocycles. The van der Waals surface area contributed by atoms with Crippen molar-refractivity contribution in [2.75, 3.05) is 6.54 Å². The molecule has 2 aliphatic rings. The predicted molar refractivity (Wildman–Crippen MR) is 102 cm³/mol. The van der Waals surface area contributed by atoms with E-state index >= 15 is 0 Å².